The lowest BCUT2D eigenvalue weighted by Crippen LogP contribution is -2.19. The maximum Gasteiger partial charge on any atom is 0.0917 e. The van der Waals surface area contributed by atoms with Gasteiger partial charge in [0.25, 0.3) is 0 Å². The van der Waals surface area contributed by atoms with Crippen LogP contribution in [0.4, 0.5) is 0 Å². The molecule has 1 heteroatoms. The van der Waals surface area contributed by atoms with Crippen LogP contribution in [0.5, 0.6) is 0 Å². The number of hydrogen-bond donors (Lipinski definition) is 0. The number of benzene rings is 1. The zero-order valence-corrected chi connectivity index (χ0v) is 9.88. The minimum atomic E-state index is -0.343. The molecule has 0 aliphatic heterocycles. The number of alkyl halides is 1. The van der Waals surface area contributed by atoms with Gasteiger partial charge in [-0.05, 0) is 37.0 Å². The van der Waals surface area contributed by atoms with Gasteiger partial charge in [-0.25, -0.2) is 0 Å². The van der Waals surface area contributed by atoms with Gasteiger partial charge in [0.15, 0.2) is 0 Å². The Balaban J connectivity index is 2.53. The van der Waals surface area contributed by atoms with E-state index in [1.807, 2.05) is 12.2 Å². The lowest BCUT2D eigenvalue weighted by Gasteiger charge is -2.28. The SMILES string of the molecule is Cc1cccc(C)c1C1(Cl)C=CC=CC1. The molecule has 1 aliphatic rings. The molecular weight excluding hydrogens is 204 g/mol. The summed E-state index contributed by atoms with van der Waals surface area (Å²) in [5, 5.41) is 0. The summed E-state index contributed by atoms with van der Waals surface area (Å²) < 4.78 is 0. The average Bonchev–Trinajstić information content (AvgIpc) is 2.18. The Morgan fingerprint density at radius 3 is 2.33 bits per heavy atom. The summed E-state index contributed by atoms with van der Waals surface area (Å²) in [6, 6.07) is 6.33. The molecular formula is C14H15Cl. The van der Waals surface area contributed by atoms with Gasteiger partial charge in [0.1, 0.15) is 0 Å². The number of halogens is 1. The van der Waals surface area contributed by atoms with Crippen LogP contribution in [0.25, 0.3) is 0 Å². The summed E-state index contributed by atoms with van der Waals surface area (Å²) in [4.78, 5) is -0.343. The Kier molecular flexibility index (Phi) is 2.70. The third-order valence-electron chi connectivity index (χ3n) is 2.92. The van der Waals surface area contributed by atoms with Crippen molar-refractivity contribution < 1.29 is 0 Å². The second-order valence-corrected chi connectivity index (χ2v) is 4.80. The fourth-order valence-electron chi connectivity index (χ4n) is 2.25. The van der Waals surface area contributed by atoms with E-state index in [2.05, 4.69) is 44.2 Å². The van der Waals surface area contributed by atoms with Crippen LogP contribution in [-0.4, -0.2) is 0 Å². The Hall–Kier alpha value is -1.01. The van der Waals surface area contributed by atoms with Crippen molar-refractivity contribution in [3.8, 4) is 0 Å². The average molecular weight is 219 g/mol. The van der Waals surface area contributed by atoms with Crippen molar-refractivity contribution in [1.82, 2.24) is 0 Å². The van der Waals surface area contributed by atoms with Crippen molar-refractivity contribution in [2.24, 2.45) is 0 Å². The first-order chi connectivity index (χ1) is 7.13. The molecule has 1 aromatic carbocycles. The summed E-state index contributed by atoms with van der Waals surface area (Å²) >= 11 is 6.67. The van der Waals surface area contributed by atoms with Crippen LogP contribution in [0, 0.1) is 13.8 Å². The molecule has 1 atom stereocenters. The minimum absolute atomic E-state index is 0.343. The van der Waals surface area contributed by atoms with E-state index in [0.29, 0.717) is 0 Å². The highest BCUT2D eigenvalue weighted by Gasteiger charge is 2.29. The van der Waals surface area contributed by atoms with Crippen molar-refractivity contribution in [3.05, 3.63) is 59.2 Å². The molecule has 1 unspecified atom stereocenters. The maximum atomic E-state index is 6.67. The molecule has 0 heterocycles. The molecule has 1 aromatic rings. The van der Waals surface area contributed by atoms with Gasteiger partial charge < -0.3 is 0 Å². The summed E-state index contributed by atoms with van der Waals surface area (Å²) in [5.41, 5.74) is 3.79. The Morgan fingerprint density at radius 2 is 1.80 bits per heavy atom. The molecule has 78 valence electrons. The molecule has 0 nitrogen and oxygen atoms in total. The molecule has 0 bridgehead atoms. The van der Waals surface area contributed by atoms with E-state index in [1.54, 1.807) is 0 Å². The first-order valence-corrected chi connectivity index (χ1v) is 5.61. The van der Waals surface area contributed by atoms with Crippen LogP contribution in [-0.2, 0) is 4.87 Å². The van der Waals surface area contributed by atoms with Crippen LogP contribution in [0.1, 0.15) is 23.1 Å². The highest BCUT2D eigenvalue weighted by molar-refractivity contribution is 6.25. The van der Waals surface area contributed by atoms with Crippen LogP contribution in [0.2, 0.25) is 0 Å². The van der Waals surface area contributed by atoms with Gasteiger partial charge >= 0.3 is 0 Å². The Bertz CT molecular complexity index is 409. The van der Waals surface area contributed by atoms with Gasteiger partial charge in [0, 0.05) is 0 Å². The zero-order chi connectivity index (χ0) is 10.9. The molecule has 1 aliphatic carbocycles. The number of allylic oxidation sites excluding steroid dienone is 4. The fourth-order valence-corrected chi connectivity index (χ4v) is 2.71. The van der Waals surface area contributed by atoms with Crippen molar-refractivity contribution in [3.63, 3.8) is 0 Å². The predicted octanol–water partition coefficient (Wildman–Crippen LogP) is 4.25. The van der Waals surface area contributed by atoms with Crippen LogP contribution in [0.15, 0.2) is 42.5 Å². The van der Waals surface area contributed by atoms with Crippen molar-refractivity contribution in [2.75, 3.05) is 0 Å². The van der Waals surface area contributed by atoms with Crippen molar-refractivity contribution >= 4 is 11.6 Å². The molecule has 0 saturated carbocycles. The summed E-state index contributed by atoms with van der Waals surface area (Å²) in [5.74, 6) is 0. The zero-order valence-electron chi connectivity index (χ0n) is 9.13. The molecule has 0 radical (unpaired) electrons. The Labute approximate surface area is 96.3 Å². The van der Waals surface area contributed by atoms with Gasteiger partial charge in [-0.3, -0.25) is 0 Å². The fraction of sp³-hybridized carbons (Fsp3) is 0.286. The highest BCUT2D eigenvalue weighted by Crippen LogP contribution is 2.40. The van der Waals surface area contributed by atoms with Gasteiger partial charge in [-0.1, -0.05) is 42.5 Å². The summed E-state index contributed by atoms with van der Waals surface area (Å²) in [7, 11) is 0. The number of rotatable bonds is 1. The smallest absolute Gasteiger partial charge is 0.0917 e. The van der Waals surface area contributed by atoms with Gasteiger partial charge in [-0.2, -0.15) is 0 Å². The first kappa shape index (κ1) is 10.5. The van der Waals surface area contributed by atoms with Crippen molar-refractivity contribution in [1.29, 1.82) is 0 Å². The van der Waals surface area contributed by atoms with Crippen molar-refractivity contribution in [2.45, 2.75) is 25.1 Å². The molecule has 0 spiro atoms. The van der Waals surface area contributed by atoms with E-state index in [4.69, 9.17) is 11.6 Å². The molecule has 0 N–H and O–H groups in total. The monoisotopic (exact) mass is 218 g/mol. The largest absolute Gasteiger partial charge is 0.109 e. The molecule has 0 fully saturated rings. The van der Waals surface area contributed by atoms with E-state index in [1.165, 1.54) is 16.7 Å². The van der Waals surface area contributed by atoms with Crippen LogP contribution < -0.4 is 0 Å². The van der Waals surface area contributed by atoms with Gasteiger partial charge in [-0.15, -0.1) is 11.6 Å². The first-order valence-electron chi connectivity index (χ1n) is 5.23. The van der Waals surface area contributed by atoms with E-state index in [0.717, 1.165) is 6.42 Å². The molecule has 0 amide bonds. The van der Waals surface area contributed by atoms with Crippen LogP contribution in [0.3, 0.4) is 0 Å². The molecule has 0 saturated heterocycles. The van der Waals surface area contributed by atoms with E-state index in [-0.39, 0.29) is 4.87 Å². The summed E-state index contributed by atoms with van der Waals surface area (Å²) in [6.07, 6.45) is 9.16. The van der Waals surface area contributed by atoms with Gasteiger partial charge in [0.05, 0.1) is 4.87 Å². The normalized spacial score (nSPS) is 24.5. The third-order valence-corrected chi connectivity index (χ3v) is 3.39. The van der Waals surface area contributed by atoms with E-state index < -0.39 is 0 Å². The quantitative estimate of drug-likeness (QED) is 0.618. The lowest BCUT2D eigenvalue weighted by atomic mass is 9.86. The Morgan fingerprint density at radius 1 is 1.13 bits per heavy atom. The molecule has 15 heavy (non-hydrogen) atoms. The van der Waals surface area contributed by atoms with E-state index >= 15 is 0 Å². The number of hydrogen-bond acceptors (Lipinski definition) is 0. The second-order valence-electron chi connectivity index (χ2n) is 4.12. The minimum Gasteiger partial charge on any atom is -0.109 e. The summed E-state index contributed by atoms with van der Waals surface area (Å²) in [6.45, 7) is 4.25. The lowest BCUT2D eigenvalue weighted by molar-refractivity contribution is 0.750. The van der Waals surface area contributed by atoms with E-state index in [9.17, 15) is 0 Å². The highest BCUT2D eigenvalue weighted by atomic mass is 35.5. The molecule has 0 aromatic heterocycles. The number of aryl methyl sites for hydroxylation is 2. The third kappa shape index (κ3) is 1.87. The molecule has 2 rings (SSSR count). The van der Waals surface area contributed by atoms with Crippen LogP contribution >= 0.6 is 11.6 Å². The topological polar surface area (TPSA) is 0 Å². The second kappa shape index (κ2) is 3.86. The standard InChI is InChI=1S/C14H15Cl/c1-11-7-6-8-12(2)13(11)14(15)9-4-3-5-10-14/h3-9H,10H2,1-2H3. The maximum absolute atomic E-state index is 6.67. The van der Waals surface area contributed by atoms with Gasteiger partial charge in [0.2, 0.25) is 0 Å². The predicted molar refractivity (Wildman–Crippen MR) is 66.3 cm³/mol.